The summed E-state index contributed by atoms with van der Waals surface area (Å²) >= 11 is 0. The van der Waals surface area contributed by atoms with E-state index in [4.69, 9.17) is 30.4 Å². The number of nitrogens with two attached hydrogens (primary N) is 1. The van der Waals surface area contributed by atoms with Gasteiger partial charge in [-0.05, 0) is 0 Å². The van der Waals surface area contributed by atoms with Crippen molar-refractivity contribution in [1.29, 1.82) is 0 Å². The Labute approximate surface area is 73.7 Å². The van der Waals surface area contributed by atoms with Crippen molar-refractivity contribution in [3.63, 3.8) is 0 Å². The van der Waals surface area contributed by atoms with Crippen molar-refractivity contribution in [3.8, 4) is 0 Å². The smallest absolute Gasteiger partial charge is 0.340 e. The van der Waals surface area contributed by atoms with Gasteiger partial charge in [0.05, 0.1) is 0 Å². The third-order valence-electron chi connectivity index (χ3n) is 1.23. The van der Waals surface area contributed by atoms with Crippen molar-refractivity contribution in [2.75, 3.05) is 0 Å². The molecule has 1 atom stereocenters. The van der Waals surface area contributed by atoms with Crippen molar-refractivity contribution in [2.45, 2.75) is 18.0 Å². The van der Waals surface area contributed by atoms with Gasteiger partial charge in [-0.1, -0.05) is 0 Å². The molecule has 13 heavy (non-hydrogen) atoms. The molecule has 7 N–H and O–H groups in total. The quantitative estimate of drug-likeness (QED) is 0.249. The Bertz CT molecular complexity index is 230. The average molecular weight is 235 g/mol. The fourth-order valence-corrected chi connectivity index (χ4v) is 3.24. The maximum Gasteiger partial charge on any atom is 0.340 e. The minimum atomic E-state index is -4.95. The molecule has 0 saturated carbocycles. The van der Waals surface area contributed by atoms with E-state index in [0.29, 0.717) is 0 Å². The summed E-state index contributed by atoms with van der Waals surface area (Å²) in [7, 11) is -9.91. The van der Waals surface area contributed by atoms with Gasteiger partial charge in [-0.25, -0.2) is 0 Å². The van der Waals surface area contributed by atoms with Crippen LogP contribution in [-0.2, 0) is 9.13 Å². The van der Waals surface area contributed by atoms with Crippen LogP contribution in [0.3, 0.4) is 0 Å². The highest BCUT2D eigenvalue weighted by molar-refractivity contribution is 7.70. The van der Waals surface area contributed by atoms with E-state index in [2.05, 4.69) is 0 Å². The summed E-state index contributed by atoms with van der Waals surface area (Å²) in [5.41, 5.74) is 4.76. The molecule has 0 aliphatic heterocycles. The Morgan fingerprint density at radius 3 is 1.46 bits per heavy atom. The summed E-state index contributed by atoms with van der Waals surface area (Å²) in [5, 5.41) is 6.30. The Morgan fingerprint density at radius 1 is 1.08 bits per heavy atom. The molecule has 1 unspecified atom stereocenters. The molecule has 0 aromatic carbocycles. The maximum atomic E-state index is 10.5. The zero-order valence-electron chi connectivity index (χ0n) is 6.39. The van der Waals surface area contributed by atoms with E-state index in [1.807, 2.05) is 0 Å². The highest BCUT2D eigenvalue weighted by Gasteiger charge is 2.43. The molecule has 0 aromatic heterocycles. The molecule has 0 amide bonds. The lowest BCUT2D eigenvalue weighted by Crippen LogP contribution is -2.25. The zero-order valence-corrected chi connectivity index (χ0v) is 8.18. The SMILES string of the molecule is NC(O)CC(P(=O)(O)O)P(=O)(O)O. The third-order valence-corrected chi connectivity index (χ3v) is 5.01. The molecule has 0 radical (unpaired) electrons. The Hall–Kier alpha value is 0.220. The molecule has 0 bridgehead atoms. The van der Waals surface area contributed by atoms with Crippen LogP contribution in [0.1, 0.15) is 6.42 Å². The molecule has 80 valence electrons. The van der Waals surface area contributed by atoms with E-state index in [-0.39, 0.29) is 0 Å². The molecule has 0 rings (SSSR count). The second-order valence-corrected chi connectivity index (χ2v) is 6.47. The van der Waals surface area contributed by atoms with Crippen LogP contribution in [0, 0.1) is 0 Å². The topological polar surface area (TPSA) is 161 Å². The van der Waals surface area contributed by atoms with Crippen LogP contribution in [0.2, 0.25) is 0 Å². The number of aliphatic hydroxyl groups excluding tert-OH is 1. The molecule has 0 saturated heterocycles. The summed E-state index contributed by atoms with van der Waals surface area (Å²) in [5.74, 6) is 0. The van der Waals surface area contributed by atoms with Crippen LogP contribution in [0.4, 0.5) is 0 Å². The minimum Gasteiger partial charge on any atom is -0.379 e. The molecular formula is C3H11NO7P2. The number of hydrogen-bond donors (Lipinski definition) is 6. The molecular weight excluding hydrogens is 224 g/mol. The molecule has 10 heteroatoms. The van der Waals surface area contributed by atoms with Gasteiger partial charge in [0.2, 0.25) is 0 Å². The molecule has 0 aliphatic rings. The van der Waals surface area contributed by atoms with Gasteiger partial charge in [-0.15, -0.1) is 0 Å². The summed E-state index contributed by atoms with van der Waals surface area (Å²) in [6.45, 7) is 0. The first-order valence-corrected chi connectivity index (χ1v) is 6.45. The lowest BCUT2D eigenvalue weighted by Gasteiger charge is -2.20. The van der Waals surface area contributed by atoms with Gasteiger partial charge < -0.3 is 30.4 Å². The summed E-state index contributed by atoms with van der Waals surface area (Å²) in [4.78, 5) is 34.1. The first-order chi connectivity index (χ1) is 5.55. The first kappa shape index (κ1) is 13.2. The Kier molecular flexibility index (Phi) is 4.23. The zero-order chi connectivity index (χ0) is 10.9. The van der Waals surface area contributed by atoms with Crippen molar-refractivity contribution in [1.82, 2.24) is 0 Å². The fourth-order valence-electron chi connectivity index (χ4n) is 0.687. The Balaban J connectivity index is 4.80. The second kappa shape index (κ2) is 4.16. The van der Waals surface area contributed by atoms with E-state index in [9.17, 15) is 9.13 Å². The number of rotatable bonds is 4. The molecule has 0 aromatic rings. The summed E-state index contributed by atoms with van der Waals surface area (Å²) < 4.78 is 21.1. The Morgan fingerprint density at radius 2 is 1.38 bits per heavy atom. The van der Waals surface area contributed by atoms with Gasteiger partial charge in [0.1, 0.15) is 6.23 Å². The van der Waals surface area contributed by atoms with Crippen molar-refractivity contribution < 1.29 is 33.8 Å². The second-order valence-electron chi connectivity index (χ2n) is 2.46. The molecule has 0 spiro atoms. The average Bonchev–Trinajstić information content (AvgIpc) is 1.77. The molecule has 0 aliphatic carbocycles. The van der Waals surface area contributed by atoms with E-state index < -0.39 is 33.2 Å². The van der Waals surface area contributed by atoms with Crippen LogP contribution < -0.4 is 5.73 Å². The van der Waals surface area contributed by atoms with Crippen LogP contribution in [-0.4, -0.2) is 36.3 Å². The fraction of sp³-hybridized carbons (Fsp3) is 1.00. The van der Waals surface area contributed by atoms with Crippen molar-refractivity contribution in [2.24, 2.45) is 5.73 Å². The number of hydrogen-bond acceptors (Lipinski definition) is 4. The number of aliphatic hydroxyl groups is 1. The lowest BCUT2D eigenvalue weighted by atomic mass is 10.4. The summed E-state index contributed by atoms with van der Waals surface area (Å²) in [6, 6.07) is 0. The lowest BCUT2D eigenvalue weighted by molar-refractivity contribution is 0.169. The van der Waals surface area contributed by atoms with E-state index in [1.54, 1.807) is 0 Å². The van der Waals surface area contributed by atoms with Gasteiger partial charge in [-0.3, -0.25) is 9.13 Å². The highest BCUT2D eigenvalue weighted by atomic mass is 31.2. The first-order valence-electron chi connectivity index (χ1n) is 3.09. The van der Waals surface area contributed by atoms with Gasteiger partial charge in [0, 0.05) is 6.42 Å². The van der Waals surface area contributed by atoms with E-state index >= 15 is 0 Å². The largest absolute Gasteiger partial charge is 0.379 e. The molecule has 8 nitrogen and oxygen atoms in total. The normalized spacial score (nSPS) is 16.2. The van der Waals surface area contributed by atoms with Gasteiger partial charge in [0.25, 0.3) is 0 Å². The van der Waals surface area contributed by atoms with Gasteiger partial charge in [0.15, 0.2) is 5.40 Å². The van der Waals surface area contributed by atoms with Gasteiger partial charge in [-0.2, -0.15) is 0 Å². The predicted molar refractivity (Wildman–Crippen MR) is 42.7 cm³/mol. The minimum absolute atomic E-state index is 0.853. The van der Waals surface area contributed by atoms with Crippen LogP contribution in [0.5, 0.6) is 0 Å². The molecule has 0 fully saturated rings. The highest BCUT2D eigenvalue weighted by Crippen LogP contribution is 2.61. The van der Waals surface area contributed by atoms with Crippen molar-refractivity contribution in [3.05, 3.63) is 0 Å². The van der Waals surface area contributed by atoms with E-state index in [1.165, 1.54) is 0 Å². The van der Waals surface area contributed by atoms with Gasteiger partial charge >= 0.3 is 15.2 Å². The van der Waals surface area contributed by atoms with E-state index in [0.717, 1.165) is 0 Å². The predicted octanol–water partition coefficient (Wildman–Crippen LogP) is -1.66. The maximum absolute atomic E-state index is 10.5. The standard InChI is InChI=1S/C3H11NO7P2/c4-2(5)1-3(12(6,7)8)13(9,10)11/h2-3,5H,1,4H2,(H2,6,7,8)(H2,9,10,11). The van der Waals surface area contributed by atoms with Crippen LogP contribution in [0.15, 0.2) is 0 Å². The van der Waals surface area contributed by atoms with Crippen molar-refractivity contribution >= 4 is 15.2 Å². The summed E-state index contributed by atoms with van der Waals surface area (Å²) in [6.07, 6.45) is -2.53. The van der Waals surface area contributed by atoms with Crippen LogP contribution >= 0.6 is 15.2 Å². The van der Waals surface area contributed by atoms with Crippen LogP contribution in [0.25, 0.3) is 0 Å². The third kappa shape index (κ3) is 4.85. The molecule has 0 heterocycles. The monoisotopic (exact) mass is 235 g/mol.